The number of carbonyl (C=O) groups excluding carboxylic acids is 2. The number of rotatable bonds is 6. The number of nitrogens with zero attached hydrogens (tertiary/aromatic N) is 2. The van der Waals surface area contributed by atoms with E-state index >= 15 is 0 Å². The molecule has 0 bridgehead atoms. The van der Waals surface area contributed by atoms with Crippen LogP contribution in [0.25, 0.3) is 0 Å². The van der Waals surface area contributed by atoms with E-state index in [-0.39, 0.29) is 12.3 Å². The average molecular weight is 286 g/mol. The molecule has 1 heterocycles. The maximum absolute atomic E-state index is 11.6. The molecule has 1 rings (SSSR count). The summed E-state index contributed by atoms with van der Waals surface area (Å²) in [6, 6.07) is 0. The van der Waals surface area contributed by atoms with Crippen molar-refractivity contribution < 1.29 is 14.3 Å². The van der Waals surface area contributed by atoms with Crippen LogP contribution in [0.15, 0.2) is 24.2 Å². The first-order valence-electron chi connectivity index (χ1n) is 5.84. The minimum absolute atomic E-state index is 0.204. The third-order valence-corrected chi connectivity index (χ3v) is 2.32. The fraction of sp³-hybridized carbons (Fsp3) is 0.417. The van der Waals surface area contributed by atoms with Crippen molar-refractivity contribution in [3.05, 3.63) is 29.2 Å². The lowest BCUT2D eigenvalue weighted by atomic mass is 10.3. The summed E-state index contributed by atoms with van der Waals surface area (Å²) in [5.41, 5.74) is 0.446. The van der Waals surface area contributed by atoms with E-state index < -0.39 is 5.97 Å². The van der Waals surface area contributed by atoms with Gasteiger partial charge in [-0.3, -0.25) is 9.48 Å². The smallest absolute Gasteiger partial charge is 0.332 e. The number of carbonyl (C=O) groups is 2. The second-order valence-corrected chi connectivity index (χ2v) is 4.24. The lowest BCUT2D eigenvalue weighted by Gasteiger charge is -2.05. The van der Waals surface area contributed by atoms with Gasteiger partial charge >= 0.3 is 5.97 Å². The third-order valence-electron chi connectivity index (χ3n) is 2.13. The highest BCUT2D eigenvalue weighted by Gasteiger charge is 2.05. The topological polar surface area (TPSA) is 73.2 Å². The quantitative estimate of drug-likeness (QED) is 0.635. The summed E-state index contributed by atoms with van der Waals surface area (Å²) < 4.78 is 6.31. The van der Waals surface area contributed by atoms with Gasteiger partial charge in [-0.05, 0) is 13.8 Å². The highest BCUT2D eigenvalue weighted by molar-refractivity contribution is 6.30. The Bertz CT molecular complexity index is 482. The molecule has 1 aromatic rings. The van der Waals surface area contributed by atoms with Crippen molar-refractivity contribution in [3.63, 3.8) is 0 Å². The van der Waals surface area contributed by atoms with Gasteiger partial charge in [0, 0.05) is 30.9 Å². The molecule has 1 N–H and O–H groups in total. The van der Waals surface area contributed by atoms with Gasteiger partial charge in [0.05, 0.1) is 17.8 Å². The van der Waals surface area contributed by atoms with Crippen LogP contribution in [0, 0.1) is 0 Å². The molecule has 0 aliphatic carbocycles. The number of esters is 1. The Labute approximate surface area is 116 Å². The van der Waals surface area contributed by atoms with Gasteiger partial charge in [0.1, 0.15) is 0 Å². The molecule has 7 heteroatoms. The van der Waals surface area contributed by atoms with Crippen molar-refractivity contribution in [2.45, 2.75) is 26.8 Å². The van der Waals surface area contributed by atoms with Crippen LogP contribution in [0.5, 0.6) is 0 Å². The van der Waals surface area contributed by atoms with Gasteiger partial charge in [-0.25, -0.2) is 4.79 Å². The van der Waals surface area contributed by atoms with Crippen LogP contribution in [0.2, 0.25) is 5.02 Å². The molecule has 0 aliphatic rings. The number of hydrogen-bond donors (Lipinski definition) is 1. The molecule has 0 saturated carbocycles. The molecule has 0 atom stereocenters. The Morgan fingerprint density at radius 2 is 2.32 bits per heavy atom. The van der Waals surface area contributed by atoms with Crippen LogP contribution in [-0.4, -0.2) is 28.3 Å². The molecule has 6 nitrogen and oxygen atoms in total. The van der Waals surface area contributed by atoms with E-state index in [0.29, 0.717) is 23.9 Å². The average Bonchev–Trinajstić information content (AvgIpc) is 2.72. The molecular weight excluding hydrogens is 270 g/mol. The Morgan fingerprint density at radius 3 is 2.89 bits per heavy atom. The molecule has 0 radical (unpaired) electrons. The molecule has 0 aliphatic heterocycles. The Hall–Kier alpha value is -1.82. The minimum Gasteiger partial charge on any atom is -0.463 e. The summed E-state index contributed by atoms with van der Waals surface area (Å²) in [7, 11) is 0. The van der Waals surface area contributed by atoms with Crippen LogP contribution in [0.4, 0.5) is 0 Å². The van der Waals surface area contributed by atoms with Crippen molar-refractivity contribution >= 4 is 23.5 Å². The SMILES string of the molecule is CCOC(=O)/C=C(\C)NC(=O)CCn1cc(Cl)cn1. The Balaban J connectivity index is 2.36. The number of allylic oxidation sites excluding steroid dienone is 1. The number of amides is 1. The zero-order valence-corrected chi connectivity index (χ0v) is 11.6. The van der Waals surface area contributed by atoms with Crippen LogP contribution in [0.3, 0.4) is 0 Å². The number of aryl methyl sites for hydroxylation is 1. The van der Waals surface area contributed by atoms with E-state index in [2.05, 4.69) is 10.4 Å². The number of halogens is 1. The first kappa shape index (κ1) is 15.2. The maximum atomic E-state index is 11.6. The van der Waals surface area contributed by atoms with Crippen molar-refractivity contribution in [3.8, 4) is 0 Å². The van der Waals surface area contributed by atoms with Crippen molar-refractivity contribution in [2.24, 2.45) is 0 Å². The summed E-state index contributed by atoms with van der Waals surface area (Å²) in [6.07, 6.45) is 4.62. The van der Waals surface area contributed by atoms with Crippen LogP contribution in [-0.2, 0) is 20.9 Å². The number of ether oxygens (including phenoxy) is 1. The van der Waals surface area contributed by atoms with E-state index in [0.717, 1.165) is 0 Å². The standard InChI is InChI=1S/C12H16ClN3O3/c1-3-19-12(18)6-9(2)15-11(17)4-5-16-8-10(13)7-14-16/h6-8H,3-5H2,1-2H3,(H,15,17)/b9-6+. The predicted molar refractivity (Wildman–Crippen MR) is 70.4 cm³/mol. The Morgan fingerprint density at radius 1 is 1.58 bits per heavy atom. The molecule has 19 heavy (non-hydrogen) atoms. The highest BCUT2D eigenvalue weighted by Crippen LogP contribution is 2.05. The monoisotopic (exact) mass is 285 g/mol. The summed E-state index contributed by atoms with van der Waals surface area (Å²) >= 11 is 5.70. The predicted octanol–water partition coefficient (Wildman–Crippen LogP) is 1.51. The van der Waals surface area contributed by atoms with Crippen LogP contribution >= 0.6 is 11.6 Å². The van der Waals surface area contributed by atoms with Crippen molar-refractivity contribution in [1.82, 2.24) is 15.1 Å². The first-order chi connectivity index (χ1) is 9.01. The van der Waals surface area contributed by atoms with E-state index in [4.69, 9.17) is 16.3 Å². The zero-order chi connectivity index (χ0) is 14.3. The van der Waals surface area contributed by atoms with Crippen molar-refractivity contribution in [1.29, 1.82) is 0 Å². The maximum Gasteiger partial charge on any atom is 0.332 e. The van der Waals surface area contributed by atoms with Crippen LogP contribution in [0.1, 0.15) is 20.3 Å². The van der Waals surface area contributed by atoms with Gasteiger partial charge in [0.15, 0.2) is 0 Å². The molecule has 0 saturated heterocycles. The lowest BCUT2D eigenvalue weighted by Crippen LogP contribution is -2.23. The second kappa shape index (κ2) is 7.58. The lowest BCUT2D eigenvalue weighted by molar-refractivity contribution is -0.137. The molecule has 1 amide bonds. The van der Waals surface area contributed by atoms with E-state index in [1.54, 1.807) is 24.7 Å². The summed E-state index contributed by atoms with van der Waals surface area (Å²) in [5.74, 6) is -0.677. The van der Waals surface area contributed by atoms with Gasteiger partial charge < -0.3 is 10.1 Å². The molecule has 0 spiro atoms. The minimum atomic E-state index is -0.473. The van der Waals surface area contributed by atoms with E-state index in [1.165, 1.54) is 12.3 Å². The zero-order valence-electron chi connectivity index (χ0n) is 10.9. The molecule has 104 valence electrons. The molecular formula is C12H16ClN3O3. The molecule has 0 fully saturated rings. The second-order valence-electron chi connectivity index (χ2n) is 3.80. The van der Waals surface area contributed by atoms with Gasteiger partial charge in [-0.15, -0.1) is 0 Å². The normalized spacial score (nSPS) is 11.2. The third kappa shape index (κ3) is 6.05. The Kier molecular flexibility index (Phi) is 6.08. The van der Waals surface area contributed by atoms with Crippen molar-refractivity contribution in [2.75, 3.05) is 6.61 Å². The van der Waals surface area contributed by atoms with Gasteiger partial charge in [-0.2, -0.15) is 5.10 Å². The molecule has 0 aromatic carbocycles. The van der Waals surface area contributed by atoms with Gasteiger partial charge in [0.25, 0.3) is 0 Å². The largest absolute Gasteiger partial charge is 0.463 e. The van der Waals surface area contributed by atoms with E-state index in [9.17, 15) is 9.59 Å². The molecule has 1 aromatic heterocycles. The summed E-state index contributed by atoms with van der Waals surface area (Å²) in [4.78, 5) is 22.7. The fourth-order valence-corrected chi connectivity index (χ4v) is 1.51. The summed E-state index contributed by atoms with van der Waals surface area (Å²) in [6.45, 7) is 4.07. The summed E-state index contributed by atoms with van der Waals surface area (Å²) in [5, 5.41) is 7.08. The van der Waals surface area contributed by atoms with Gasteiger partial charge in [-0.1, -0.05) is 11.6 Å². The van der Waals surface area contributed by atoms with Gasteiger partial charge in [0.2, 0.25) is 5.91 Å². The highest BCUT2D eigenvalue weighted by atomic mass is 35.5. The first-order valence-corrected chi connectivity index (χ1v) is 6.22. The van der Waals surface area contributed by atoms with Crippen LogP contribution < -0.4 is 5.32 Å². The number of nitrogens with one attached hydrogen (secondary N) is 1. The van der Waals surface area contributed by atoms with E-state index in [1.807, 2.05) is 0 Å². The molecule has 0 unspecified atom stereocenters. The number of hydrogen-bond acceptors (Lipinski definition) is 4. The number of aromatic nitrogens is 2. The fourth-order valence-electron chi connectivity index (χ4n) is 1.36.